The molecule has 3 rings (SSSR count). The number of benzene rings is 1. The zero-order valence-electron chi connectivity index (χ0n) is 11.4. The monoisotopic (exact) mass is 245 g/mol. The van der Waals surface area contributed by atoms with Gasteiger partial charge in [-0.25, -0.2) is 0 Å². The SMILES string of the molecule is CCC[C@@]12CCN(C)[C@@H]1CCc1ccc(O)cc12. The van der Waals surface area contributed by atoms with Gasteiger partial charge in [0.25, 0.3) is 0 Å². The summed E-state index contributed by atoms with van der Waals surface area (Å²) in [6.45, 7) is 3.47. The second kappa shape index (κ2) is 4.27. The van der Waals surface area contributed by atoms with Crippen molar-refractivity contribution >= 4 is 0 Å². The number of nitrogens with zero attached hydrogens (tertiary/aromatic N) is 1. The van der Waals surface area contributed by atoms with Crippen LogP contribution >= 0.6 is 0 Å². The molecule has 0 amide bonds. The Labute approximate surface area is 110 Å². The number of hydrogen-bond acceptors (Lipinski definition) is 2. The van der Waals surface area contributed by atoms with Gasteiger partial charge in [-0.1, -0.05) is 19.4 Å². The van der Waals surface area contributed by atoms with E-state index in [9.17, 15) is 5.11 Å². The standard InChI is InChI=1S/C16H23NO/c1-3-8-16-9-10-17(2)15(16)7-5-12-4-6-13(18)11-14(12)16/h4,6,11,15,18H,3,5,7-10H2,1-2H3/t15-,16+/m1/s1. The molecule has 1 saturated heterocycles. The Bertz CT molecular complexity index is 452. The van der Waals surface area contributed by atoms with E-state index in [0.717, 1.165) is 6.42 Å². The average molecular weight is 245 g/mol. The average Bonchev–Trinajstić information content (AvgIpc) is 2.68. The van der Waals surface area contributed by atoms with Crippen LogP contribution in [-0.2, 0) is 11.8 Å². The van der Waals surface area contributed by atoms with Crippen LogP contribution in [0, 0.1) is 0 Å². The predicted molar refractivity (Wildman–Crippen MR) is 74.0 cm³/mol. The number of rotatable bonds is 2. The molecule has 0 radical (unpaired) electrons. The first-order valence-corrected chi connectivity index (χ1v) is 7.20. The Hall–Kier alpha value is -1.02. The van der Waals surface area contributed by atoms with Gasteiger partial charge in [0, 0.05) is 11.5 Å². The molecule has 1 aliphatic heterocycles. The number of aryl methyl sites for hydroxylation is 1. The highest BCUT2D eigenvalue weighted by Crippen LogP contribution is 2.49. The molecule has 0 saturated carbocycles. The molecule has 0 unspecified atom stereocenters. The number of aromatic hydroxyl groups is 1. The van der Waals surface area contributed by atoms with E-state index >= 15 is 0 Å². The topological polar surface area (TPSA) is 23.5 Å². The molecular weight excluding hydrogens is 222 g/mol. The Kier molecular flexibility index (Phi) is 2.86. The summed E-state index contributed by atoms with van der Waals surface area (Å²) in [5, 5.41) is 9.84. The van der Waals surface area contributed by atoms with E-state index in [2.05, 4.69) is 24.9 Å². The molecule has 1 N–H and O–H groups in total. The second-order valence-electron chi connectivity index (χ2n) is 6.03. The van der Waals surface area contributed by atoms with Crippen LogP contribution in [0.15, 0.2) is 18.2 Å². The largest absolute Gasteiger partial charge is 0.508 e. The first-order chi connectivity index (χ1) is 8.67. The van der Waals surface area contributed by atoms with Gasteiger partial charge in [-0.2, -0.15) is 0 Å². The molecule has 2 atom stereocenters. The van der Waals surface area contributed by atoms with Gasteiger partial charge in [0.1, 0.15) is 5.75 Å². The summed E-state index contributed by atoms with van der Waals surface area (Å²) >= 11 is 0. The van der Waals surface area contributed by atoms with E-state index in [1.165, 1.54) is 43.4 Å². The number of hydrogen-bond donors (Lipinski definition) is 1. The summed E-state index contributed by atoms with van der Waals surface area (Å²) in [5.41, 5.74) is 3.20. The normalized spacial score (nSPS) is 31.1. The number of phenols is 1. The van der Waals surface area contributed by atoms with Crippen LogP contribution in [0.5, 0.6) is 5.75 Å². The Balaban J connectivity index is 2.12. The zero-order valence-corrected chi connectivity index (χ0v) is 11.4. The van der Waals surface area contributed by atoms with Gasteiger partial charge in [0.15, 0.2) is 0 Å². The van der Waals surface area contributed by atoms with Crippen LogP contribution < -0.4 is 0 Å². The van der Waals surface area contributed by atoms with E-state index in [1.54, 1.807) is 0 Å². The lowest BCUT2D eigenvalue weighted by molar-refractivity contribution is 0.205. The molecular formula is C16H23NO. The summed E-state index contributed by atoms with van der Waals surface area (Å²) in [7, 11) is 2.26. The fraction of sp³-hybridized carbons (Fsp3) is 0.625. The van der Waals surface area contributed by atoms with E-state index in [-0.39, 0.29) is 0 Å². The first-order valence-electron chi connectivity index (χ1n) is 7.20. The van der Waals surface area contributed by atoms with Crippen LogP contribution in [0.25, 0.3) is 0 Å². The first kappa shape index (κ1) is 12.0. The van der Waals surface area contributed by atoms with E-state index < -0.39 is 0 Å². The molecule has 18 heavy (non-hydrogen) atoms. The predicted octanol–water partition coefficient (Wildman–Crippen LogP) is 3.08. The highest BCUT2D eigenvalue weighted by Gasteiger charge is 2.49. The molecule has 2 heteroatoms. The third-order valence-corrected chi connectivity index (χ3v) is 5.09. The van der Waals surface area contributed by atoms with Crippen molar-refractivity contribution in [1.29, 1.82) is 0 Å². The maximum absolute atomic E-state index is 9.84. The van der Waals surface area contributed by atoms with E-state index in [4.69, 9.17) is 0 Å². The van der Waals surface area contributed by atoms with Gasteiger partial charge in [-0.3, -0.25) is 0 Å². The molecule has 1 fully saturated rings. The minimum atomic E-state index is 0.301. The van der Waals surface area contributed by atoms with Gasteiger partial charge < -0.3 is 10.0 Å². The summed E-state index contributed by atoms with van der Waals surface area (Å²) in [5.74, 6) is 0.430. The van der Waals surface area contributed by atoms with E-state index in [1.807, 2.05) is 12.1 Å². The minimum absolute atomic E-state index is 0.301. The zero-order chi connectivity index (χ0) is 12.8. The fourth-order valence-corrected chi connectivity index (χ4v) is 4.34. The molecule has 98 valence electrons. The van der Waals surface area contributed by atoms with Crippen molar-refractivity contribution in [2.75, 3.05) is 13.6 Å². The van der Waals surface area contributed by atoms with Gasteiger partial charge in [0.05, 0.1) is 0 Å². The number of likely N-dealkylation sites (N-methyl/N-ethyl adjacent to an activating group) is 1. The van der Waals surface area contributed by atoms with Crippen molar-refractivity contribution in [3.05, 3.63) is 29.3 Å². The van der Waals surface area contributed by atoms with Crippen LogP contribution in [0.4, 0.5) is 0 Å². The lowest BCUT2D eigenvalue weighted by atomic mass is 9.64. The molecule has 0 spiro atoms. The molecule has 1 heterocycles. The van der Waals surface area contributed by atoms with Crippen molar-refractivity contribution in [2.24, 2.45) is 0 Å². The quantitative estimate of drug-likeness (QED) is 0.865. The maximum Gasteiger partial charge on any atom is 0.115 e. The minimum Gasteiger partial charge on any atom is -0.508 e. The Morgan fingerprint density at radius 3 is 3.06 bits per heavy atom. The van der Waals surface area contributed by atoms with Crippen LogP contribution in [0.1, 0.15) is 43.7 Å². The molecule has 0 aromatic heterocycles. The smallest absolute Gasteiger partial charge is 0.115 e. The van der Waals surface area contributed by atoms with Gasteiger partial charge in [0.2, 0.25) is 0 Å². The summed E-state index contributed by atoms with van der Waals surface area (Å²) in [6, 6.07) is 6.69. The Morgan fingerprint density at radius 1 is 1.44 bits per heavy atom. The summed E-state index contributed by atoms with van der Waals surface area (Å²) in [6.07, 6.45) is 6.15. The second-order valence-corrected chi connectivity index (χ2v) is 6.03. The van der Waals surface area contributed by atoms with Crippen molar-refractivity contribution < 1.29 is 5.11 Å². The van der Waals surface area contributed by atoms with Crippen LogP contribution in [0.2, 0.25) is 0 Å². The molecule has 0 bridgehead atoms. The van der Waals surface area contributed by atoms with Crippen LogP contribution in [0.3, 0.4) is 0 Å². The lowest BCUT2D eigenvalue weighted by Crippen LogP contribution is -2.44. The molecule has 2 nitrogen and oxygen atoms in total. The fourth-order valence-electron chi connectivity index (χ4n) is 4.34. The van der Waals surface area contributed by atoms with Crippen molar-refractivity contribution in [2.45, 2.75) is 50.5 Å². The molecule has 2 aliphatic rings. The van der Waals surface area contributed by atoms with Gasteiger partial charge in [-0.05, 0) is 62.5 Å². The number of phenolic OH excluding ortho intramolecular Hbond substituents is 1. The van der Waals surface area contributed by atoms with E-state index in [0.29, 0.717) is 17.2 Å². The third kappa shape index (κ3) is 1.58. The van der Waals surface area contributed by atoms with Crippen molar-refractivity contribution in [3.8, 4) is 5.75 Å². The number of likely N-dealkylation sites (tertiary alicyclic amines) is 1. The molecule has 1 aliphatic carbocycles. The van der Waals surface area contributed by atoms with Gasteiger partial charge in [-0.15, -0.1) is 0 Å². The number of fused-ring (bicyclic) bond motifs is 3. The molecule has 1 aromatic rings. The van der Waals surface area contributed by atoms with Crippen LogP contribution in [-0.4, -0.2) is 29.6 Å². The maximum atomic E-state index is 9.84. The highest BCUT2D eigenvalue weighted by atomic mass is 16.3. The van der Waals surface area contributed by atoms with Crippen molar-refractivity contribution in [3.63, 3.8) is 0 Å². The van der Waals surface area contributed by atoms with Crippen molar-refractivity contribution in [1.82, 2.24) is 4.90 Å². The Morgan fingerprint density at radius 2 is 2.28 bits per heavy atom. The highest BCUT2D eigenvalue weighted by molar-refractivity contribution is 5.44. The summed E-state index contributed by atoms with van der Waals surface area (Å²) in [4.78, 5) is 2.53. The third-order valence-electron chi connectivity index (χ3n) is 5.09. The lowest BCUT2D eigenvalue weighted by Gasteiger charge is -2.43. The van der Waals surface area contributed by atoms with Gasteiger partial charge >= 0.3 is 0 Å². The molecule has 1 aromatic carbocycles. The summed E-state index contributed by atoms with van der Waals surface area (Å²) < 4.78 is 0.